The first-order valence-electron chi connectivity index (χ1n) is 8.94. The van der Waals surface area contributed by atoms with Gasteiger partial charge in [-0.3, -0.25) is 9.89 Å². The topological polar surface area (TPSA) is 40.1 Å². The molecule has 1 heterocycles. The van der Waals surface area contributed by atoms with E-state index in [0.29, 0.717) is 5.75 Å². The van der Waals surface area contributed by atoms with Gasteiger partial charge in [-0.05, 0) is 37.8 Å². The average Bonchev–Trinajstić information content (AvgIpc) is 2.63. The fourth-order valence-corrected chi connectivity index (χ4v) is 3.10. The van der Waals surface area contributed by atoms with Crippen LogP contribution in [0.15, 0.2) is 23.2 Å². The Hall–Kier alpha value is -1.47. The van der Waals surface area contributed by atoms with Gasteiger partial charge in [0.1, 0.15) is 0 Å². The predicted octanol–water partition coefficient (Wildman–Crippen LogP) is 2.67. The number of ether oxygens (including phenoxy) is 1. The molecule has 1 aromatic carbocycles. The lowest BCUT2D eigenvalue weighted by Crippen LogP contribution is -2.53. The number of rotatable bonds is 6. The normalized spacial score (nSPS) is 16.7. The quantitative estimate of drug-likeness (QED) is 0.605. The van der Waals surface area contributed by atoms with Gasteiger partial charge in [0, 0.05) is 51.1 Å². The van der Waals surface area contributed by atoms with Crippen molar-refractivity contribution in [2.75, 3.05) is 53.1 Å². The third-order valence-electron chi connectivity index (χ3n) is 4.73. The second kappa shape index (κ2) is 9.46. The first-order chi connectivity index (χ1) is 12.4. The van der Waals surface area contributed by atoms with Crippen molar-refractivity contribution in [2.45, 2.75) is 25.1 Å². The Balaban J connectivity index is 1.85. The maximum absolute atomic E-state index is 13.9. The Kier molecular flexibility index (Phi) is 7.58. The largest absolute Gasteiger partial charge is 0.494 e. The summed E-state index contributed by atoms with van der Waals surface area (Å²) in [6.45, 7) is 9.77. The predicted molar refractivity (Wildman–Crippen MR) is 109 cm³/mol. The van der Waals surface area contributed by atoms with Crippen molar-refractivity contribution in [3.63, 3.8) is 0 Å². The number of benzene rings is 1. The fraction of sp³-hybridized carbons (Fsp3) is 0.632. The maximum Gasteiger partial charge on any atom is 0.193 e. The molecule has 0 amide bonds. The standard InChI is InChI=1S/C19H31FN4OS/c1-19(2,26-5)14-22-18(21-3)24-10-8-23(9-11-24)13-15-6-7-17(25-4)16(20)12-15/h6-7,12H,8-11,13-14H2,1-5H3,(H,21,22). The van der Waals surface area contributed by atoms with E-state index in [0.717, 1.165) is 50.8 Å². The molecule has 0 spiro atoms. The molecule has 1 aliphatic rings. The summed E-state index contributed by atoms with van der Waals surface area (Å²) < 4.78 is 19.0. The molecular formula is C19H31FN4OS. The number of hydrogen-bond donors (Lipinski definition) is 1. The first kappa shape index (κ1) is 20.8. The van der Waals surface area contributed by atoms with Crippen molar-refractivity contribution in [3.05, 3.63) is 29.6 Å². The van der Waals surface area contributed by atoms with E-state index in [4.69, 9.17) is 4.74 Å². The van der Waals surface area contributed by atoms with Crippen LogP contribution in [0.4, 0.5) is 4.39 Å². The number of guanidine groups is 1. The number of thioether (sulfide) groups is 1. The fourth-order valence-electron chi connectivity index (χ4n) is 2.88. The van der Waals surface area contributed by atoms with Crippen LogP contribution in [0.5, 0.6) is 5.75 Å². The summed E-state index contributed by atoms with van der Waals surface area (Å²) in [4.78, 5) is 9.07. The summed E-state index contributed by atoms with van der Waals surface area (Å²) in [6, 6.07) is 5.19. The summed E-state index contributed by atoms with van der Waals surface area (Å²) in [6.07, 6.45) is 2.13. The second-order valence-electron chi connectivity index (χ2n) is 7.10. The smallest absolute Gasteiger partial charge is 0.193 e. The van der Waals surface area contributed by atoms with Crippen molar-refractivity contribution < 1.29 is 9.13 Å². The highest BCUT2D eigenvalue weighted by Gasteiger charge is 2.22. The zero-order valence-electron chi connectivity index (χ0n) is 16.5. The Morgan fingerprint density at radius 3 is 2.54 bits per heavy atom. The number of nitrogens with zero attached hydrogens (tertiary/aromatic N) is 3. The van der Waals surface area contributed by atoms with Gasteiger partial charge < -0.3 is 15.0 Å². The van der Waals surface area contributed by atoms with E-state index >= 15 is 0 Å². The molecule has 7 heteroatoms. The van der Waals surface area contributed by atoms with Gasteiger partial charge in [0.15, 0.2) is 17.5 Å². The van der Waals surface area contributed by atoms with Crippen LogP contribution in [0, 0.1) is 5.82 Å². The van der Waals surface area contributed by atoms with Crippen LogP contribution in [0.3, 0.4) is 0 Å². The molecule has 26 heavy (non-hydrogen) atoms. The summed E-state index contributed by atoms with van der Waals surface area (Å²) in [5.74, 6) is 0.952. The van der Waals surface area contributed by atoms with Gasteiger partial charge in [-0.2, -0.15) is 11.8 Å². The molecule has 1 saturated heterocycles. The van der Waals surface area contributed by atoms with Gasteiger partial charge in [0.2, 0.25) is 0 Å². The first-order valence-corrected chi connectivity index (χ1v) is 10.2. The number of piperazine rings is 1. The van der Waals surface area contributed by atoms with Crippen molar-refractivity contribution in [1.29, 1.82) is 0 Å². The number of halogens is 1. The second-order valence-corrected chi connectivity index (χ2v) is 8.61. The lowest BCUT2D eigenvalue weighted by atomic mass is 10.2. The lowest BCUT2D eigenvalue weighted by Gasteiger charge is -2.37. The molecule has 1 aliphatic heterocycles. The molecule has 0 atom stereocenters. The van der Waals surface area contributed by atoms with Gasteiger partial charge >= 0.3 is 0 Å². The Labute approximate surface area is 161 Å². The summed E-state index contributed by atoms with van der Waals surface area (Å²) >= 11 is 1.85. The Bertz CT molecular complexity index is 616. The van der Waals surface area contributed by atoms with Crippen molar-refractivity contribution in [2.24, 2.45) is 4.99 Å². The number of nitrogens with one attached hydrogen (secondary N) is 1. The highest BCUT2D eigenvalue weighted by atomic mass is 32.2. The molecule has 0 saturated carbocycles. The minimum atomic E-state index is -0.301. The Morgan fingerprint density at radius 1 is 1.31 bits per heavy atom. The average molecular weight is 383 g/mol. The Morgan fingerprint density at radius 2 is 2.00 bits per heavy atom. The molecule has 0 unspecified atom stereocenters. The summed E-state index contributed by atoms with van der Waals surface area (Å²) in [5.41, 5.74) is 0.973. The molecule has 0 radical (unpaired) electrons. The SMILES string of the molecule is CN=C(NCC(C)(C)SC)N1CCN(Cc2ccc(OC)c(F)c2)CC1. The van der Waals surface area contributed by atoms with E-state index in [2.05, 4.69) is 40.2 Å². The van der Waals surface area contributed by atoms with Gasteiger partial charge in [-0.1, -0.05) is 6.07 Å². The molecule has 0 bridgehead atoms. The lowest BCUT2D eigenvalue weighted by molar-refractivity contribution is 0.172. The molecule has 2 rings (SSSR count). The van der Waals surface area contributed by atoms with Gasteiger partial charge in [-0.25, -0.2) is 4.39 Å². The zero-order chi connectivity index (χ0) is 19.2. The maximum atomic E-state index is 13.9. The number of aliphatic imine (C=N–C) groups is 1. The summed E-state index contributed by atoms with van der Waals surface area (Å²) in [5, 5.41) is 3.49. The van der Waals surface area contributed by atoms with Crippen LogP contribution in [-0.4, -0.2) is 73.6 Å². The van der Waals surface area contributed by atoms with Gasteiger partial charge in [-0.15, -0.1) is 0 Å². The van der Waals surface area contributed by atoms with Gasteiger partial charge in [0.05, 0.1) is 7.11 Å². The van der Waals surface area contributed by atoms with Crippen molar-refractivity contribution >= 4 is 17.7 Å². The molecule has 1 N–H and O–H groups in total. The minimum absolute atomic E-state index is 0.177. The van der Waals surface area contributed by atoms with Crippen LogP contribution in [-0.2, 0) is 6.54 Å². The van der Waals surface area contributed by atoms with Crippen LogP contribution in [0.2, 0.25) is 0 Å². The molecule has 1 fully saturated rings. The van der Waals surface area contributed by atoms with E-state index in [9.17, 15) is 4.39 Å². The van der Waals surface area contributed by atoms with Crippen LogP contribution in [0.25, 0.3) is 0 Å². The van der Waals surface area contributed by atoms with E-state index < -0.39 is 0 Å². The highest BCUT2D eigenvalue weighted by molar-refractivity contribution is 7.99. The molecule has 1 aromatic rings. The van der Waals surface area contributed by atoms with E-state index in [1.54, 1.807) is 12.1 Å². The molecule has 146 valence electrons. The third kappa shape index (κ3) is 5.77. The molecular weight excluding hydrogens is 351 g/mol. The summed E-state index contributed by atoms with van der Waals surface area (Å²) in [7, 11) is 3.32. The van der Waals surface area contributed by atoms with Crippen molar-refractivity contribution in [1.82, 2.24) is 15.1 Å². The zero-order valence-corrected chi connectivity index (χ0v) is 17.3. The van der Waals surface area contributed by atoms with Crippen LogP contribution in [0.1, 0.15) is 19.4 Å². The molecule has 0 aromatic heterocycles. The number of methoxy groups -OCH3 is 1. The molecule has 5 nitrogen and oxygen atoms in total. The van der Waals surface area contributed by atoms with E-state index in [-0.39, 0.29) is 10.6 Å². The van der Waals surface area contributed by atoms with Crippen LogP contribution >= 0.6 is 11.8 Å². The van der Waals surface area contributed by atoms with Gasteiger partial charge in [0.25, 0.3) is 0 Å². The minimum Gasteiger partial charge on any atom is -0.494 e. The number of hydrogen-bond acceptors (Lipinski definition) is 4. The third-order valence-corrected chi connectivity index (χ3v) is 5.98. The highest BCUT2D eigenvalue weighted by Crippen LogP contribution is 2.20. The van der Waals surface area contributed by atoms with E-state index in [1.807, 2.05) is 24.9 Å². The monoisotopic (exact) mass is 382 g/mol. The van der Waals surface area contributed by atoms with Crippen LogP contribution < -0.4 is 10.1 Å². The molecule has 0 aliphatic carbocycles. The van der Waals surface area contributed by atoms with E-state index in [1.165, 1.54) is 7.11 Å². The van der Waals surface area contributed by atoms with Crippen molar-refractivity contribution in [3.8, 4) is 5.75 Å².